The highest BCUT2D eigenvalue weighted by Gasteiger charge is 2.14. The summed E-state index contributed by atoms with van der Waals surface area (Å²) < 4.78 is 5.74. The monoisotopic (exact) mass is 387 g/mol. The molecule has 0 aliphatic rings. The number of hydrogen-bond donors (Lipinski definition) is 2. The Kier molecular flexibility index (Phi) is 6.05. The molecule has 0 spiro atoms. The van der Waals surface area contributed by atoms with Gasteiger partial charge in [0, 0.05) is 11.8 Å². The predicted molar refractivity (Wildman–Crippen MR) is 111 cm³/mol. The summed E-state index contributed by atoms with van der Waals surface area (Å²) >= 11 is 0. The van der Waals surface area contributed by atoms with Crippen LogP contribution in [0.2, 0.25) is 0 Å². The van der Waals surface area contributed by atoms with E-state index in [4.69, 9.17) is 10.00 Å². The van der Waals surface area contributed by atoms with Gasteiger partial charge in [-0.3, -0.25) is 4.79 Å². The van der Waals surface area contributed by atoms with Gasteiger partial charge in [0.1, 0.15) is 23.1 Å². The van der Waals surface area contributed by atoms with Crippen LogP contribution in [0.5, 0.6) is 5.75 Å². The average molecular weight is 387 g/mol. The summed E-state index contributed by atoms with van der Waals surface area (Å²) in [6.45, 7) is 5.57. The lowest BCUT2D eigenvalue weighted by Gasteiger charge is -2.15. The number of benzene rings is 2. The molecule has 0 aliphatic carbocycles. The number of carbonyl (C=O) groups is 1. The fourth-order valence-electron chi connectivity index (χ4n) is 2.64. The minimum atomic E-state index is -0.363. The normalized spacial score (nSPS) is 10.3. The second-order valence-corrected chi connectivity index (χ2v) is 6.62. The first-order chi connectivity index (χ1) is 13.9. The molecule has 0 radical (unpaired) electrons. The second kappa shape index (κ2) is 8.85. The minimum Gasteiger partial charge on any atom is -0.489 e. The van der Waals surface area contributed by atoms with Crippen molar-refractivity contribution in [3.05, 3.63) is 71.7 Å². The fraction of sp³-hybridized carbons (Fsp3) is 0.182. The van der Waals surface area contributed by atoms with Crippen molar-refractivity contribution in [3.63, 3.8) is 0 Å². The molecule has 7 heteroatoms. The first-order valence-corrected chi connectivity index (χ1v) is 9.14. The van der Waals surface area contributed by atoms with Gasteiger partial charge in [0.15, 0.2) is 0 Å². The standard InChI is InChI=1S/C22H21N5O2/c1-14(2)29-20-7-5-4-6-18(20)27-22(28)19-12-21(25-15(3)24-19)26-17-10-8-16(13-23)9-11-17/h4-12,14H,1-3H3,(H,27,28)(H,24,25,26). The van der Waals surface area contributed by atoms with Crippen molar-refractivity contribution in [2.45, 2.75) is 26.9 Å². The van der Waals surface area contributed by atoms with Gasteiger partial charge in [0.05, 0.1) is 23.4 Å². The third-order valence-corrected chi connectivity index (χ3v) is 3.85. The van der Waals surface area contributed by atoms with Crippen LogP contribution in [-0.2, 0) is 0 Å². The summed E-state index contributed by atoms with van der Waals surface area (Å²) in [5.74, 6) is 1.18. The molecule has 7 nitrogen and oxygen atoms in total. The van der Waals surface area contributed by atoms with E-state index in [9.17, 15) is 4.79 Å². The molecule has 3 aromatic rings. The number of hydrogen-bond acceptors (Lipinski definition) is 6. The highest BCUT2D eigenvalue weighted by molar-refractivity contribution is 6.04. The van der Waals surface area contributed by atoms with E-state index in [1.54, 1.807) is 49.4 Å². The van der Waals surface area contributed by atoms with Crippen molar-refractivity contribution in [1.82, 2.24) is 9.97 Å². The van der Waals surface area contributed by atoms with Crippen LogP contribution in [-0.4, -0.2) is 22.0 Å². The van der Waals surface area contributed by atoms with E-state index in [1.807, 2.05) is 26.0 Å². The Hall–Kier alpha value is -3.92. The molecular formula is C22H21N5O2. The number of ether oxygens (including phenoxy) is 1. The molecule has 1 aromatic heterocycles. The van der Waals surface area contributed by atoms with Gasteiger partial charge < -0.3 is 15.4 Å². The van der Waals surface area contributed by atoms with Gasteiger partial charge in [-0.2, -0.15) is 5.26 Å². The van der Waals surface area contributed by atoms with Crippen LogP contribution in [0.1, 0.15) is 35.7 Å². The van der Waals surface area contributed by atoms with Crippen LogP contribution in [0.3, 0.4) is 0 Å². The number of aryl methyl sites for hydroxylation is 1. The topological polar surface area (TPSA) is 99.9 Å². The molecule has 0 unspecified atom stereocenters. The Balaban J connectivity index is 1.80. The van der Waals surface area contributed by atoms with Crippen LogP contribution in [0, 0.1) is 18.3 Å². The zero-order valence-electron chi connectivity index (χ0n) is 16.4. The van der Waals surface area contributed by atoms with E-state index in [2.05, 4.69) is 26.7 Å². The van der Waals surface area contributed by atoms with Gasteiger partial charge >= 0.3 is 0 Å². The van der Waals surface area contributed by atoms with Crippen molar-refractivity contribution in [3.8, 4) is 11.8 Å². The summed E-state index contributed by atoms with van der Waals surface area (Å²) in [6.07, 6.45) is -0.0161. The van der Waals surface area contributed by atoms with E-state index < -0.39 is 0 Å². The summed E-state index contributed by atoms with van der Waals surface area (Å²) in [7, 11) is 0. The number of amides is 1. The second-order valence-electron chi connectivity index (χ2n) is 6.62. The number of nitriles is 1. The molecular weight excluding hydrogens is 366 g/mol. The number of nitrogens with one attached hydrogen (secondary N) is 2. The number of nitrogens with zero attached hydrogens (tertiary/aromatic N) is 3. The van der Waals surface area contributed by atoms with Crippen LogP contribution < -0.4 is 15.4 Å². The summed E-state index contributed by atoms with van der Waals surface area (Å²) in [5.41, 5.74) is 2.12. The van der Waals surface area contributed by atoms with Crippen molar-refractivity contribution in [2.75, 3.05) is 10.6 Å². The molecule has 0 saturated heterocycles. The van der Waals surface area contributed by atoms with E-state index in [1.165, 1.54) is 0 Å². The van der Waals surface area contributed by atoms with Crippen molar-refractivity contribution < 1.29 is 9.53 Å². The Bertz CT molecular complexity index is 1060. The maximum absolute atomic E-state index is 12.8. The molecule has 0 fully saturated rings. The first kappa shape index (κ1) is 19.8. The maximum atomic E-state index is 12.8. The lowest BCUT2D eigenvalue weighted by atomic mass is 10.2. The molecule has 1 amide bonds. The zero-order valence-corrected chi connectivity index (χ0v) is 16.4. The number of rotatable bonds is 6. The first-order valence-electron chi connectivity index (χ1n) is 9.14. The molecule has 0 bridgehead atoms. The van der Waals surface area contributed by atoms with Crippen LogP contribution in [0.15, 0.2) is 54.6 Å². The summed E-state index contributed by atoms with van der Waals surface area (Å²) in [4.78, 5) is 21.3. The van der Waals surface area contributed by atoms with Crippen LogP contribution in [0.4, 0.5) is 17.2 Å². The lowest BCUT2D eigenvalue weighted by Crippen LogP contribution is -2.17. The van der Waals surface area contributed by atoms with Gasteiger partial charge in [0.25, 0.3) is 5.91 Å². The van der Waals surface area contributed by atoms with E-state index in [-0.39, 0.29) is 17.7 Å². The fourth-order valence-corrected chi connectivity index (χ4v) is 2.64. The quantitative estimate of drug-likeness (QED) is 0.649. The highest BCUT2D eigenvalue weighted by atomic mass is 16.5. The SMILES string of the molecule is Cc1nc(Nc2ccc(C#N)cc2)cc(C(=O)Nc2ccccc2OC(C)C)n1. The Morgan fingerprint density at radius 1 is 1.10 bits per heavy atom. The molecule has 0 atom stereocenters. The van der Waals surface area contributed by atoms with Gasteiger partial charge in [0.2, 0.25) is 0 Å². The molecule has 0 saturated carbocycles. The van der Waals surface area contributed by atoms with Gasteiger partial charge in [-0.15, -0.1) is 0 Å². The molecule has 146 valence electrons. The summed E-state index contributed by atoms with van der Waals surface area (Å²) in [6, 6.07) is 17.9. The Morgan fingerprint density at radius 3 is 2.52 bits per heavy atom. The zero-order chi connectivity index (χ0) is 20.8. The van der Waals surface area contributed by atoms with Crippen LogP contribution in [0.25, 0.3) is 0 Å². The highest BCUT2D eigenvalue weighted by Crippen LogP contribution is 2.25. The maximum Gasteiger partial charge on any atom is 0.274 e. The van der Waals surface area contributed by atoms with Gasteiger partial charge in [-0.25, -0.2) is 9.97 Å². The van der Waals surface area contributed by atoms with E-state index in [0.29, 0.717) is 28.6 Å². The molecule has 2 N–H and O–H groups in total. The largest absolute Gasteiger partial charge is 0.489 e. The number of carbonyl (C=O) groups excluding carboxylic acids is 1. The third-order valence-electron chi connectivity index (χ3n) is 3.85. The molecule has 0 aliphatic heterocycles. The minimum absolute atomic E-state index is 0.0161. The van der Waals surface area contributed by atoms with Crippen molar-refractivity contribution >= 4 is 23.1 Å². The summed E-state index contributed by atoms with van der Waals surface area (Å²) in [5, 5.41) is 14.9. The van der Waals surface area contributed by atoms with Gasteiger partial charge in [-0.05, 0) is 57.2 Å². The molecule has 3 rings (SSSR count). The lowest BCUT2D eigenvalue weighted by molar-refractivity contribution is 0.102. The molecule has 2 aromatic carbocycles. The van der Waals surface area contributed by atoms with E-state index in [0.717, 1.165) is 5.69 Å². The Morgan fingerprint density at radius 2 is 1.83 bits per heavy atom. The average Bonchev–Trinajstić information content (AvgIpc) is 2.69. The molecule has 29 heavy (non-hydrogen) atoms. The van der Waals surface area contributed by atoms with Crippen molar-refractivity contribution in [1.29, 1.82) is 5.26 Å². The third kappa shape index (κ3) is 5.30. The predicted octanol–water partition coefficient (Wildman–Crippen LogP) is 4.44. The molecule has 1 heterocycles. The van der Waals surface area contributed by atoms with Gasteiger partial charge in [-0.1, -0.05) is 12.1 Å². The Labute approximate surface area is 169 Å². The van der Waals surface area contributed by atoms with Crippen molar-refractivity contribution in [2.24, 2.45) is 0 Å². The number of para-hydroxylation sites is 2. The smallest absolute Gasteiger partial charge is 0.274 e. The van der Waals surface area contributed by atoms with Crippen LogP contribution >= 0.6 is 0 Å². The van der Waals surface area contributed by atoms with E-state index >= 15 is 0 Å². The number of anilines is 3. The number of aromatic nitrogens is 2.